The molecule has 5 nitrogen and oxygen atoms in total. The van der Waals surface area contributed by atoms with Crippen LogP contribution < -0.4 is 5.73 Å². The highest BCUT2D eigenvalue weighted by Crippen LogP contribution is 2.32. The largest absolute Gasteiger partial charge is 0.378 e. The van der Waals surface area contributed by atoms with E-state index >= 15 is 0 Å². The van der Waals surface area contributed by atoms with Gasteiger partial charge in [-0.3, -0.25) is 10.1 Å². The van der Waals surface area contributed by atoms with Crippen molar-refractivity contribution in [3.8, 4) is 0 Å². The number of nitrogens with two attached hydrogens (primary N) is 1. The molecule has 64 valence electrons. The maximum absolute atomic E-state index is 10.4. The number of aromatic nitrogens is 1. The Bertz CT molecular complexity index is 344. The van der Waals surface area contributed by atoms with Crippen LogP contribution in [0.15, 0.2) is 6.20 Å². The second kappa shape index (κ2) is 3.40. The zero-order valence-corrected chi connectivity index (χ0v) is 8.53. The third-order valence-corrected chi connectivity index (χ3v) is 2.68. The van der Waals surface area contributed by atoms with Crippen molar-refractivity contribution in [1.29, 1.82) is 0 Å². The first kappa shape index (κ1) is 9.46. The maximum Gasteiger partial charge on any atom is 0.330 e. The normalized spacial score (nSPS) is 9.83. The molecule has 0 saturated heterocycles. The van der Waals surface area contributed by atoms with Gasteiger partial charge in [-0.1, -0.05) is 11.6 Å². The topological polar surface area (TPSA) is 82.0 Å². The average molecular weight is 299 g/mol. The molecule has 2 N–H and O–H groups in total. The number of halogens is 2. The number of nitrogen functional groups attached to an aromatic ring is 1. The fourth-order valence-electron chi connectivity index (χ4n) is 0.643. The molecule has 12 heavy (non-hydrogen) atoms. The van der Waals surface area contributed by atoms with Crippen LogP contribution in [0.25, 0.3) is 0 Å². The molecule has 0 aliphatic heterocycles. The Balaban J connectivity index is 3.43. The van der Waals surface area contributed by atoms with E-state index in [0.717, 1.165) is 0 Å². The van der Waals surface area contributed by atoms with Crippen molar-refractivity contribution >= 4 is 45.7 Å². The second-order valence-corrected chi connectivity index (χ2v) is 3.45. The first-order chi connectivity index (χ1) is 5.54. The quantitative estimate of drug-likeness (QED) is 0.487. The number of hydrogen-bond acceptors (Lipinski definition) is 4. The lowest BCUT2D eigenvalue weighted by Crippen LogP contribution is -2.00. The van der Waals surface area contributed by atoms with E-state index in [1.165, 1.54) is 6.20 Å². The summed E-state index contributed by atoms with van der Waals surface area (Å²) >= 11 is 7.47. The zero-order valence-electron chi connectivity index (χ0n) is 5.62. The second-order valence-electron chi connectivity index (χ2n) is 1.91. The van der Waals surface area contributed by atoms with E-state index in [9.17, 15) is 10.1 Å². The molecule has 0 aliphatic rings. The summed E-state index contributed by atoms with van der Waals surface area (Å²) in [6.07, 6.45) is 1.38. The molecule has 1 heterocycles. The van der Waals surface area contributed by atoms with Crippen LogP contribution in [-0.4, -0.2) is 9.91 Å². The molecule has 0 fully saturated rings. The Hall–Kier alpha value is -0.630. The molecule has 0 radical (unpaired) electrons. The summed E-state index contributed by atoms with van der Waals surface area (Å²) in [5, 5.41) is 10.4. The predicted molar refractivity (Wildman–Crippen MR) is 53.0 cm³/mol. The van der Waals surface area contributed by atoms with Crippen molar-refractivity contribution in [2.45, 2.75) is 0 Å². The minimum absolute atomic E-state index is 0.0353. The lowest BCUT2D eigenvalue weighted by atomic mass is 10.4. The molecule has 0 aliphatic carbocycles. The highest BCUT2D eigenvalue weighted by Gasteiger charge is 2.20. The fourth-order valence-corrected chi connectivity index (χ4v) is 1.25. The number of rotatable bonds is 1. The van der Waals surface area contributed by atoms with Gasteiger partial charge in [0, 0.05) is 6.20 Å². The van der Waals surface area contributed by atoms with Gasteiger partial charge in [0.1, 0.15) is 5.02 Å². The number of pyridine rings is 1. The minimum atomic E-state index is -0.646. The van der Waals surface area contributed by atoms with Crippen LogP contribution in [0.4, 0.5) is 11.5 Å². The van der Waals surface area contributed by atoms with E-state index in [1.807, 2.05) is 22.6 Å². The molecular weight excluding hydrogens is 296 g/mol. The Kier molecular flexibility index (Phi) is 2.68. The third-order valence-electron chi connectivity index (χ3n) is 1.16. The first-order valence-electron chi connectivity index (χ1n) is 2.78. The van der Waals surface area contributed by atoms with Gasteiger partial charge in [0.05, 0.1) is 8.49 Å². The van der Waals surface area contributed by atoms with Crippen LogP contribution in [0, 0.1) is 13.7 Å². The monoisotopic (exact) mass is 299 g/mol. The lowest BCUT2D eigenvalue weighted by Gasteiger charge is -1.99. The van der Waals surface area contributed by atoms with Crippen molar-refractivity contribution in [2.75, 3.05) is 5.73 Å². The smallest absolute Gasteiger partial charge is 0.330 e. The van der Waals surface area contributed by atoms with E-state index in [2.05, 4.69) is 4.98 Å². The summed E-state index contributed by atoms with van der Waals surface area (Å²) in [4.78, 5) is 13.4. The molecule has 0 unspecified atom stereocenters. The van der Waals surface area contributed by atoms with Gasteiger partial charge in [0.2, 0.25) is 5.82 Å². The Morgan fingerprint density at radius 1 is 1.75 bits per heavy atom. The highest BCUT2D eigenvalue weighted by atomic mass is 127. The van der Waals surface area contributed by atoms with E-state index in [4.69, 9.17) is 17.3 Å². The summed E-state index contributed by atoms with van der Waals surface area (Å²) < 4.78 is 0.509. The molecule has 1 aromatic heterocycles. The highest BCUT2D eigenvalue weighted by molar-refractivity contribution is 14.1. The standard InChI is InChI=1S/C5H3ClIN3O2/c6-3-2(7)1-9-5(8)4(3)10(11)12/h1H,(H2,8,9). The van der Waals surface area contributed by atoms with E-state index in [1.54, 1.807) is 0 Å². The van der Waals surface area contributed by atoms with Gasteiger partial charge in [-0.2, -0.15) is 0 Å². The molecule has 1 aromatic rings. The van der Waals surface area contributed by atoms with E-state index in [-0.39, 0.29) is 16.5 Å². The van der Waals surface area contributed by atoms with Gasteiger partial charge in [-0.05, 0) is 22.6 Å². The van der Waals surface area contributed by atoms with Crippen molar-refractivity contribution in [3.05, 3.63) is 24.9 Å². The van der Waals surface area contributed by atoms with Crippen molar-refractivity contribution < 1.29 is 4.92 Å². The third kappa shape index (κ3) is 1.58. The molecule has 7 heteroatoms. The van der Waals surface area contributed by atoms with Crippen molar-refractivity contribution in [3.63, 3.8) is 0 Å². The van der Waals surface area contributed by atoms with Gasteiger partial charge >= 0.3 is 5.69 Å². The van der Waals surface area contributed by atoms with Crippen LogP contribution in [0.3, 0.4) is 0 Å². The van der Waals surface area contributed by atoms with Gasteiger partial charge in [-0.25, -0.2) is 4.98 Å². The lowest BCUT2D eigenvalue weighted by molar-refractivity contribution is -0.384. The maximum atomic E-state index is 10.4. The van der Waals surface area contributed by atoms with Crippen LogP contribution in [0.1, 0.15) is 0 Å². The number of nitrogens with zero attached hydrogens (tertiary/aromatic N) is 2. The average Bonchev–Trinajstić information content (AvgIpc) is 1.97. The zero-order chi connectivity index (χ0) is 9.30. The summed E-state index contributed by atoms with van der Waals surface area (Å²) in [5.74, 6) is -0.162. The Morgan fingerprint density at radius 2 is 2.33 bits per heavy atom. The Morgan fingerprint density at radius 3 is 2.75 bits per heavy atom. The van der Waals surface area contributed by atoms with Crippen LogP contribution in [0.2, 0.25) is 5.02 Å². The van der Waals surface area contributed by atoms with Crippen molar-refractivity contribution in [2.24, 2.45) is 0 Å². The fraction of sp³-hybridized carbons (Fsp3) is 0. The molecule has 0 spiro atoms. The Labute approximate surface area is 86.2 Å². The van der Waals surface area contributed by atoms with Gasteiger partial charge < -0.3 is 5.73 Å². The van der Waals surface area contributed by atoms with E-state index in [0.29, 0.717) is 3.57 Å². The number of nitro groups is 1. The minimum Gasteiger partial charge on any atom is -0.378 e. The molecular formula is C5H3ClIN3O2. The van der Waals surface area contributed by atoms with Crippen LogP contribution in [0.5, 0.6) is 0 Å². The molecule has 0 amide bonds. The number of anilines is 1. The summed E-state index contributed by atoms with van der Waals surface area (Å²) in [6.45, 7) is 0. The molecule has 1 rings (SSSR count). The van der Waals surface area contributed by atoms with Gasteiger partial charge in [0.25, 0.3) is 0 Å². The SMILES string of the molecule is Nc1ncc(I)c(Cl)c1[N+](=O)[O-]. The molecule has 0 aromatic carbocycles. The first-order valence-corrected chi connectivity index (χ1v) is 4.23. The summed E-state index contributed by atoms with van der Waals surface area (Å²) in [7, 11) is 0. The molecule has 0 bridgehead atoms. The van der Waals surface area contributed by atoms with Crippen LogP contribution in [-0.2, 0) is 0 Å². The summed E-state index contributed by atoms with van der Waals surface area (Å²) in [6, 6.07) is 0. The van der Waals surface area contributed by atoms with Crippen molar-refractivity contribution in [1.82, 2.24) is 4.98 Å². The van der Waals surface area contributed by atoms with Gasteiger partial charge in [0.15, 0.2) is 0 Å². The molecule has 0 atom stereocenters. The predicted octanol–water partition coefficient (Wildman–Crippen LogP) is 1.83. The number of hydrogen-bond donors (Lipinski definition) is 1. The molecule has 0 saturated carbocycles. The van der Waals surface area contributed by atoms with E-state index < -0.39 is 4.92 Å². The van der Waals surface area contributed by atoms with Crippen LogP contribution >= 0.6 is 34.2 Å². The van der Waals surface area contributed by atoms with Gasteiger partial charge in [-0.15, -0.1) is 0 Å². The summed E-state index contributed by atoms with van der Waals surface area (Å²) in [5.41, 5.74) is 4.92.